The van der Waals surface area contributed by atoms with Crippen molar-refractivity contribution in [3.63, 3.8) is 0 Å². The number of nitrogens with one attached hydrogen (secondary N) is 2. The minimum atomic E-state index is -1.39. The number of amides is 2. The number of carbonyl (C=O) groups excluding carboxylic acids is 2. The van der Waals surface area contributed by atoms with Crippen molar-refractivity contribution in [2.24, 2.45) is 18.4 Å². The van der Waals surface area contributed by atoms with Crippen molar-refractivity contribution in [3.8, 4) is 11.1 Å². The van der Waals surface area contributed by atoms with E-state index in [1.165, 1.54) is 30.1 Å². The van der Waals surface area contributed by atoms with Gasteiger partial charge in [0.1, 0.15) is 28.1 Å². The topological polar surface area (TPSA) is 172 Å². The van der Waals surface area contributed by atoms with Gasteiger partial charge < -0.3 is 34.3 Å². The fraction of sp³-hybridized carbons (Fsp3) is 0.436. The average Bonchev–Trinajstić information content (AvgIpc) is 3.37. The zero-order valence-electron chi connectivity index (χ0n) is 31.9. The first-order valence-corrected chi connectivity index (χ1v) is 17.9. The van der Waals surface area contributed by atoms with Crippen LogP contribution in [0.3, 0.4) is 0 Å². The zero-order chi connectivity index (χ0) is 39.9. The molecule has 5 aromatic rings. The van der Waals surface area contributed by atoms with Crippen molar-refractivity contribution in [1.82, 2.24) is 24.8 Å². The van der Waals surface area contributed by atoms with Crippen LogP contribution in [0.15, 0.2) is 35.5 Å². The van der Waals surface area contributed by atoms with E-state index in [1.807, 2.05) is 0 Å². The molecule has 1 aliphatic carbocycles. The van der Waals surface area contributed by atoms with Crippen molar-refractivity contribution in [2.45, 2.75) is 65.6 Å². The van der Waals surface area contributed by atoms with Crippen LogP contribution in [-0.4, -0.2) is 80.7 Å². The Kier molecular flexibility index (Phi) is 8.81. The van der Waals surface area contributed by atoms with Crippen molar-refractivity contribution in [2.75, 3.05) is 36.5 Å². The first-order valence-electron chi connectivity index (χ1n) is 17.9. The molecule has 5 heterocycles. The fourth-order valence-electron chi connectivity index (χ4n) is 7.65. The summed E-state index contributed by atoms with van der Waals surface area (Å²) in [6.07, 6.45) is 4.55. The maximum absolute atomic E-state index is 16.3. The van der Waals surface area contributed by atoms with E-state index in [-0.39, 0.29) is 50.0 Å². The van der Waals surface area contributed by atoms with Crippen LogP contribution in [0.2, 0.25) is 0 Å². The number of nitrogens with zero attached hydrogens (tertiary/aromatic N) is 5. The maximum atomic E-state index is 16.3. The van der Waals surface area contributed by atoms with Gasteiger partial charge in [-0.25, -0.2) is 33.1 Å². The Bertz CT molecular complexity index is 2500. The number of halogens is 2. The summed E-state index contributed by atoms with van der Waals surface area (Å²) in [6, 6.07) is 2.46. The quantitative estimate of drug-likeness (QED) is 0.169. The van der Waals surface area contributed by atoms with Crippen molar-refractivity contribution in [1.29, 1.82) is 0 Å². The highest BCUT2D eigenvalue weighted by molar-refractivity contribution is 6.19. The van der Waals surface area contributed by atoms with Crippen LogP contribution in [0.4, 0.5) is 29.7 Å². The average molecular weight is 760 g/mol. The van der Waals surface area contributed by atoms with Gasteiger partial charge in [-0.05, 0) is 71.8 Å². The molecular weight excluding hydrogens is 716 g/mol. The number of rotatable bonds is 6. The number of aromatic amines is 1. The molecule has 2 aliphatic rings. The van der Waals surface area contributed by atoms with Gasteiger partial charge in [-0.2, -0.15) is 0 Å². The third kappa shape index (κ3) is 6.78. The van der Waals surface area contributed by atoms with Gasteiger partial charge in [-0.15, -0.1) is 0 Å². The molecule has 290 valence electrons. The molecule has 2 atom stereocenters. The molecule has 2 unspecified atom stereocenters. The second-order valence-corrected chi connectivity index (χ2v) is 16.6. The van der Waals surface area contributed by atoms with E-state index < -0.39 is 52.0 Å². The fourth-order valence-corrected chi connectivity index (χ4v) is 7.65. The lowest BCUT2D eigenvalue weighted by Gasteiger charge is -2.25. The highest BCUT2D eigenvalue weighted by Crippen LogP contribution is 2.60. The predicted molar refractivity (Wildman–Crippen MR) is 203 cm³/mol. The largest absolute Gasteiger partial charge is 0.477 e. The van der Waals surface area contributed by atoms with E-state index in [2.05, 4.69) is 25.2 Å². The second kappa shape index (κ2) is 12.9. The number of carboxylic acid groups (broad SMARTS) is 1. The number of anilines is 2. The molecule has 55 heavy (non-hydrogen) atoms. The summed E-state index contributed by atoms with van der Waals surface area (Å²) in [6.45, 7) is 11.9. The van der Waals surface area contributed by atoms with Crippen molar-refractivity contribution >= 4 is 62.5 Å². The van der Waals surface area contributed by atoms with Crippen LogP contribution in [-0.2, 0) is 16.5 Å². The van der Waals surface area contributed by atoms with E-state index in [1.54, 1.807) is 54.8 Å². The molecule has 1 aromatic carbocycles. The van der Waals surface area contributed by atoms with E-state index in [0.717, 1.165) is 23.8 Å². The monoisotopic (exact) mass is 759 g/mol. The Hall–Kier alpha value is -5.80. The number of H-pyrrole nitrogens is 1. The molecule has 3 N–H and O–H groups in total. The highest BCUT2D eigenvalue weighted by atomic mass is 19.2. The molecule has 2 amide bonds. The molecule has 1 aliphatic heterocycles. The number of carboxylic acids is 1. The smallest absolute Gasteiger partial charge is 0.414 e. The molecule has 0 radical (unpaired) electrons. The third-order valence-electron chi connectivity index (χ3n) is 10.3. The zero-order valence-corrected chi connectivity index (χ0v) is 31.9. The molecule has 1 spiro atoms. The lowest BCUT2D eigenvalue weighted by atomic mass is 10.0. The summed E-state index contributed by atoms with van der Waals surface area (Å²) in [4.78, 5) is 66.4. The molecule has 1 saturated heterocycles. The highest BCUT2D eigenvalue weighted by Gasteiger charge is 2.57. The number of fused-ring (bicyclic) bond motifs is 4. The van der Waals surface area contributed by atoms with Crippen LogP contribution in [0, 0.1) is 23.0 Å². The number of benzene rings is 1. The first kappa shape index (κ1) is 37.5. The Balaban J connectivity index is 1.39. The number of hydrogen-bond acceptors (Lipinski definition) is 9. The van der Waals surface area contributed by atoms with Crippen LogP contribution in [0.25, 0.3) is 44.1 Å². The summed E-state index contributed by atoms with van der Waals surface area (Å²) in [5.74, 6) is -3.60. The Morgan fingerprint density at radius 2 is 1.78 bits per heavy atom. The number of aromatic nitrogens is 4. The van der Waals surface area contributed by atoms with Gasteiger partial charge in [-0.1, -0.05) is 0 Å². The molecule has 2 fully saturated rings. The molecule has 0 bridgehead atoms. The number of alkyl carbamates (subject to hydrolysis) is 1. The number of aryl methyl sites for hydroxylation is 1. The van der Waals surface area contributed by atoms with Gasteiger partial charge in [0.25, 0.3) is 0 Å². The van der Waals surface area contributed by atoms with E-state index in [0.29, 0.717) is 36.4 Å². The molecule has 16 heteroatoms. The van der Waals surface area contributed by atoms with Gasteiger partial charge >= 0.3 is 18.2 Å². The normalized spacial score (nSPS) is 18.4. The van der Waals surface area contributed by atoms with E-state index in [4.69, 9.17) is 9.47 Å². The molecule has 14 nitrogen and oxygen atoms in total. The lowest BCUT2D eigenvalue weighted by molar-refractivity contribution is 0.0521. The van der Waals surface area contributed by atoms with Gasteiger partial charge in [0.2, 0.25) is 5.43 Å². The lowest BCUT2D eigenvalue weighted by Crippen LogP contribution is -2.34. The summed E-state index contributed by atoms with van der Waals surface area (Å²) in [5, 5.41) is 12.8. The summed E-state index contributed by atoms with van der Waals surface area (Å²) in [5.41, 5.74) is -0.908. The van der Waals surface area contributed by atoms with E-state index in [9.17, 15) is 24.3 Å². The van der Waals surface area contributed by atoms with E-state index >= 15 is 8.78 Å². The summed E-state index contributed by atoms with van der Waals surface area (Å²) in [7, 11) is 2.99. The van der Waals surface area contributed by atoms with Crippen molar-refractivity contribution < 1.29 is 37.7 Å². The number of carbonyl (C=O) groups is 3. The number of hydrogen-bond donors (Lipinski definition) is 3. The van der Waals surface area contributed by atoms with Gasteiger partial charge in [0.05, 0.1) is 33.1 Å². The molecule has 7 rings (SSSR count). The minimum Gasteiger partial charge on any atom is -0.477 e. The van der Waals surface area contributed by atoms with Crippen LogP contribution in [0.5, 0.6) is 0 Å². The molecule has 4 aromatic heterocycles. The van der Waals surface area contributed by atoms with Gasteiger partial charge in [0.15, 0.2) is 11.6 Å². The number of pyridine rings is 3. The minimum absolute atomic E-state index is 0.0269. The summed E-state index contributed by atoms with van der Waals surface area (Å²) < 4.78 is 44.4. The number of aromatic carboxylic acids is 1. The van der Waals surface area contributed by atoms with Gasteiger partial charge in [0, 0.05) is 69.5 Å². The van der Waals surface area contributed by atoms with Crippen molar-refractivity contribution in [3.05, 3.63) is 58.1 Å². The molecule has 1 saturated carbocycles. The second-order valence-electron chi connectivity index (χ2n) is 16.6. The Morgan fingerprint density at radius 3 is 2.45 bits per heavy atom. The first-order chi connectivity index (χ1) is 25.7. The van der Waals surface area contributed by atoms with Crippen LogP contribution < -0.4 is 20.5 Å². The standard InChI is InChI=1S/C39H43F2N7O7/c1-37(2,3)54-35(52)44-15-20-13-39(20)9-10-48(18-39)30-22(19-11-21-31(49)23(34(50)51)17-46(7)33(21)43-14-19)16-42-32-27(30)26-28(41)24(40)12-25(29(26)45-32)47(8)36(53)55-38(4,5)6/h11-12,14,16-17,20H,9-10,13,15,18H2,1-8H3,(H,42,45)(H,44,52)(H,50,51). The summed E-state index contributed by atoms with van der Waals surface area (Å²) >= 11 is 0. The molecular formula is C39H43F2N7O7. The Morgan fingerprint density at radius 1 is 1.07 bits per heavy atom. The van der Waals surface area contributed by atoms with Crippen LogP contribution in [0.1, 0.15) is 64.7 Å². The Labute approximate surface area is 314 Å². The predicted octanol–water partition coefficient (Wildman–Crippen LogP) is 6.72. The van der Waals surface area contributed by atoms with Crippen LogP contribution >= 0.6 is 0 Å². The third-order valence-corrected chi connectivity index (χ3v) is 10.3. The SMILES string of the molecule is CN(C(=O)OC(C)(C)C)c1cc(F)c(F)c2c1[nH]c1ncc(-c3cnc4c(c3)c(=O)c(C(=O)O)cn4C)c(N3CCC4(CC4CNC(=O)OC(C)(C)C)C3)c12. The maximum Gasteiger partial charge on any atom is 0.414 e. The van der Waals surface area contributed by atoms with Gasteiger partial charge in [-0.3, -0.25) is 9.69 Å². The number of ether oxygens (including phenoxy) is 2.